The van der Waals surface area contributed by atoms with Crippen molar-refractivity contribution in [1.82, 2.24) is 10.6 Å². The minimum atomic E-state index is -0.902. The third-order valence-electron chi connectivity index (χ3n) is 4.21. The standard InChI is InChI=1S/C21H16ClN3O6/c1-2-9-23-21(30)24-17(26)11-31-20(29)12-7-8-13-14(10-12)19(28)25(18(13)27)16-6-4-3-5-15(16)22/h2-8,10H,1,9,11H2,(H2,23,24,26,30). The lowest BCUT2D eigenvalue weighted by Gasteiger charge is -2.15. The van der Waals surface area contributed by atoms with Gasteiger partial charge in [0.05, 0.1) is 27.4 Å². The van der Waals surface area contributed by atoms with Crippen LogP contribution in [-0.4, -0.2) is 42.9 Å². The molecule has 3 rings (SSSR count). The summed E-state index contributed by atoms with van der Waals surface area (Å²) in [5.74, 6) is -2.95. The summed E-state index contributed by atoms with van der Waals surface area (Å²) in [6.07, 6.45) is 1.43. The average molecular weight is 442 g/mol. The van der Waals surface area contributed by atoms with Crippen molar-refractivity contribution in [3.05, 3.63) is 76.8 Å². The number of carbonyl (C=O) groups is 5. The molecule has 2 aromatic rings. The molecular formula is C21H16ClN3O6. The molecule has 158 valence electrons. The summed E-state index contributed by atoms with van der Waals surface area (Å²) >= 11 is 6.10. The predicted molar refractivity (Wildman–Crippen MR) is 111 cm³/mol. The van der Waals surface area contributed by atoms with Gasteiger partial charge in [-0.2, -0.15) is 0 Å². The molecule has 9 nitrogen and oxygen atoms in total. The van der Waals surface area contributed by atoms with Gasteiger partial charge in [0, 0.05) is 6.54 Å². The first kappa shape index (κ1) is 21.7. The molecule has 0 radical (unpaired) electrons. The summed E-state index contributed by atoms with van der Waals surface area (Å²) < 4.78 is 4.87. The number of anilines is 1. The van der Waals surface area contributed by atoms with Crippen molar-refractivity contribution in [2.75, 3.05) is 18.1 Å². The molecule has 0 bridgehead atoms. The van der Waals surface area contributed by atoms with E-state index in [0.29, 0.717) is 0 Å². The summed E-state index contributed by atoms with van der Waals surface area (Å²) in [5.41, 5.74) is 0.307. The number of hydrogen-bond acceptors (Lipinski definition) is 6. The van der Waals surface area contributed by atoms with Crippen LogP contribution in [0.25, 0.3) is 0 Å². The Morgan fingerprint density at radius 3 is 2.48 bits per heavy atom. The molecule has 0 unspecified atom stereocenters. The molecule has 1 heterocycles. The highest BCUT2D eigenvalue weighted by molar-refractivity contribution is 6.39. The van der Waals surface area contributed by atoms with Crippen molar-refractivity contribution in [2.24, 2.45) is 0 Å². The lowest BCUT2D eigenvalue weighted by molar-refractivity contribution is -0.123. The monoisotopic (exact) mass is 441 g/mol. The van der Waals surface area contributed by atoms with Crippen molar-refractivity contribution in [3.63, 3.8) is 0 Å². The maximum atomic E-state index is 12.8. The largest absolute Gasteiger partial charge is 0.452 e. The normalized spacial score (nSPS) is 12.2. The summed E-state index contributed by atoms with van der Waals surface area (Å²) in [7, 11) is 0. The Morgan fingerprint density at radius 2 is 1.77 bits per heavy atom. The van der Waals surface area contributed by atoms with Crippen LogP contribution < -0.4 is 15.5 Å². The number of hydrogen-bond donors (Lipinski definition) is 2. The molecule has 0 aromatic heterocycles. The Bertz CT molecular complexity index is 1110. The second-order valence-corrected chi connectivity index (χ2v) is 6.69. The molecule has 5 amide bonds. The van der Waals surface area contributed by atoms with Gasteiger partial charge in [-0.25, -0.2) is 14.5 Å². The third kappa shape index (κ3) is 4.62. The van der Waals surface area contributed by atoms with E-state index in [4.69, 9.17) is 16.3 Å². The molecule has 2 N–H and O–H groups in total. The minimum absolute atomic E-state index is 0.00706. The maximum absolute atomic E-state index is 12.8. The topological polar surface area (TPSA) is 122 Å². The number of urea groups is 1. The van der Waals surface area contributed by atoms with Gasteiger partial charge in [-0.3, -0.25) is 19.7 Å². The first-order valence-electron chi connectivity index (χ1n) is 8.96. The van der Waals surface area contributed by atoms with E-state index in [9.17, 15) is 24.0 Å². The van der Waals surface area contributed by atoms with Gasteiger partial charge in [-0.15, -0.1) is 6.58 Å². The smallest absolute Gasteiger partial charge is 0.338 e. The number of carbonyl (C=O) groups excluding carboxylic acids is 5. The average Bonchev–Trinajstić information content (AvgIpc) is 3.00. The van der Waals surface area contributed by atoms with Crippen molar-refractivity contribution in [2.45, 2.75) is 0 Å². The lowest BCUT2D eigenvalue weighted by atomic mass is 10.1. The molecule has 0 aliphatic carbocycles. The van der Waals surface area contributed by atoms with Crippen LogP contribution in [0.3, 0.4) is 0 Å². The number of nitrogens with zero attached hydrogens (tertiary/aromatic N) is 1. The third-order valence-corrected chi connectivity index (χ3v) is 4.53. The Kier molecular flexibility index (Phi) is 6.46. The zero-order valence-electron chi connectivity index (χ0n) is 16.0. The van der Waals surface area contributed by atoms with Crippen LogP contribution >= 0.6 is 11.6 Å². The summed E-state index contributed by atoms with van der Waals surface area (Å²) in [6, 6.07) is 9.46. The molecule has 0 saturated carbocycles. The van der Waals surface area contributed by atoms with E-state index in [-0.39, 0.29) is 33.9 Å². The van der Waals surface area contributed by atoms with Gasteiger partial charge in [0.25, 0.3) is 17.7 Å². The molecule has 2 aromatic carbocycles. The molecule has 0 spiro atoms. The fourth-order valence-corrected chi connectivity index (χ4v) is 3.03. The van der Waals surface area contributed by atoms with E-state index in [1.807, 2.05) is 5.32 Å². The number of rotatable bonds is 6. The van der Waals surface area contributed by atoms with Crippen LogP contribution in [0, 0.1) is 0 Å². The molecular weight excluding hydrogens is 426 g/mol. The van der Waals surface area contributed by atoms with Crippen LogP contribution in [0.5, 0.6) is 0 Å². The highest BCUT2D eigenvalue weighted by atomic mass is 35.5. The number of para-hydroxylation sites is 1. The number of ether oxygens (including phenoxy) is 1. The van der Waals surface area contributed by atoms with Crippen LogP contribution in [-0.2, 0) is 9.53 Å². The van der Waals surface area contributed by atoms with E-state index < -0.39 is 36.3 Å². The van der Waals surface area contributed by atoms with Crippen molar-refractivity contribution < 1.29 is 28.7 Å². The van der Waals surface area contributed by atoms with Crippen LogP contribution in [0.1, 0.15) is 31.1 Å². The SMILES string of the molecule is C=CCNC(=O)NC(=O)COC(=O)c1ccc2c(c1)C(=O)N(c1ccccc1Cl)C2=O. The number of esters is 1. The van der Waals surface area contributed by atoms with Gasteiger partial charge >= 0.3 is 12.0 Å². The predicted octanol–water partition coefficient (Wildman–Crippen LogP) is 2.31. The summed E-state index contributed by atoms with van der Waals surface area (Å²) in [4.78, 5) is 61.7. The van der Waals surface area contributed by atoms with Crippen LogP contribution in [0.4, 0.5) is 10.5 Å². The van der Waals surface area contributed by atoms with E-state index in [1.54, 1.807) is 18.2 Å². The Labute approximate surface area is 181 Å². The molecule has 0 saturated heterocycles. The van der Waals surface area contributed by atoms with Crippen molar-refractivity contribution >= 4 is 47.0 Å². The van der Waals surface area contributed by atoms with Crippen LogP contribution in [0.15, 0.2) is 55.1 Å². The zero-order chi connectivity index (χ0) is 22.5. The maximum Gasteiger partial charge on any atom is 0.338 e. The van der Waals surface area contributed by atoms with Crippen molar-refractivity contribution in [3.8, 4) is 0 Å². The zero-order valence-corrected chi connectivity index (χ0v) is 16.8. The molecule has 1 aliphatic rings. The Hall–Kier alpha value is -3.98. The van der Waals surface area contributed by atoms with Gasteiger partial charge < -0.3 is 10.1 Å². The van der Waals surface area contributed by atoms with Crippen LogP contribution in [0.2, 0.25) is 5.02 Å². The quantitative estimate of drug-likeness (QED) is 0.403. The Morgan fingerprint density at radius 1 is 1.06 bits per heavy atom. The first-order chi connectivity index (χ1) is 14.8. The van der Waals surface area contributed by atoms with E-state index in [1.165, 1.54) is 30.3 Å². The van der Waals surface area contributed by atoms with Gasteiger partial charge in [-0.05, 0) is 30.3 Å². The number of amides is 5. The second-order valence-electron chi connectivity index (χ2n) is 6.28. The highest BCUT2D eigenvalue weighted by Gasteiger charge is 2.38. The number of halogens is 1. The second kappa shape index (κ2) is 9.23. The first-order valence-corrected chi connectivity index (χ1v) is 9.34. The number of fused-ring (bicyclic) bond motifs is 1. The minimum Gasteiger partial charge on any atom is -0.452 e. The molecule has 31 heavy (non-hydrogen) atoms. The van der Waals surface area contributed by atoms with E-state index in [0.717, 1.165) is 4.90 Å². The summed E-state index contributed by atoms with van der Waals surface area (Å²) in [6.45, 7) is 2.86. The number of benzene rings is 2. The number of imide groups is 2. The number of nitrogens with one attached hydrogen (secondary N) is 2. The Balaban J connectivity index is 1.70. The van der Waals surface area contributed by atoms with E-state index in [2.05, 4.69) is 11.9 Å². The fourth-order valence-electron chi connectivity index (χ4n) is 2.81. The lowest BCUT2D eigenvalue weighted by Crippen LogP contribution is -2.41. The fraction of sp³-hybridized carbons (Fsp3) is 0.0952. The van der Waals surface area contributed by atoms with E-state index >= 15 is 0 Å². The van der Waals surface area contributed by atoms with Crippen molar-refractivity contribution in [1.29, 1.82) is 0 Å². The van der Waals surface area contributed by atoms with Gasteiger partial charge in [-0.1, -0.05) is 29.8 Å². The molecule has 1 aliphatic heterocycles. The highest BCUT2D eigenvalue weighted by Crippen LogP contribution is 2.33. The molecule has 0 atom stereocenters. The molecule has 0 fully saturated rings. The molecule has 10 heteroatoms. The van der Waals surface area contributed by atoms with Gasteiger partial charge in [0.15, 0.2) is 6.61 Å². The van der Waals surface area contributed by atoms with Gasteiger partial charge in [0.1, 0.15) is 0 Å². The van der Waals surface area contributed by atoms with Gasteiger partial charge in [0.2, 0.25) is 0 Å². The summed E-state index contributed by atoms with van der Waals surface area (Å²) in [5, 5.41) is 4.52.